The van der Waals surface area contributed by atoms with E-state index in [1.807, 2.05) is 13.0 Å². The van der Waals surface area contributed by atoms with Crippen molar-refractivity contribution in [3.05, 3.63) is 38.9 Å². The number of non-ortho nitro benzene ring substituents is 1. The van der Waals surface area contributed by atoms with Crippen molar-refractivity contribution in [2.75, 3.05) is 0 Å². The highest BCUT2D eigenvalue weighted by Crippen LogP contribution is 2.21. The van der Waals surface area contributed by atoms with Gasteiger partial charge in [0.1, 0.15) is 0 Å². The summed E-state index contributed by atoms with van der Waals surface area (Å²) in [6, 6.07) is 5.36. The average molecular weight is 282 g/mol. The van der Waals surface area contributed by atoms with Crippen LogP contribution in [-0.4, -0.2) is 16.9 Å². The minimum atomic E-state index is -0.616. The third-order valence-corrected chi connectivity index (χ3v) is 2.74. The van der Waals surface area contributed by atoms with Crippen molar-refractivity contribution in [2.24, 2.45) is 0 Å². The van der Waals surface area contributed by atoms with Crippen molar-refractivity contribution in [1.29, 1.82) is 5.26 Å². The highest BCUT2D eigenvalue weighted by Gasteiger charge is 2.16. The lowest BCUT2D eigenvalue weighted by Crippen LogP contribution is -2.34. The molecule has 1 aromatic carbocycles. The van der Waals surface area contributed by atoms with Gasteiger partial charge in [0.25, 0.3) is 11.6 Å². The zero-order valence-electron chi connectivity index (χ0n) is 10.2. The van der Waals surface area contributed by atoms with Gasteiger partial charge in [0.05, 0.1) is 17.4 Å². The zero-order valence-corrected chi connectivity index (χ0v) is 11.0. The van der Waals surface area contributed by atoms with Crippen LogP contribution in [0, 0.1) is 21.4 Å². The second-order valence-corrected chi connectivity index (χ2v) is 4.33. The van der Waals surface area contributed by atoms with E-state index in [1.54, 1.807) is 0 Å². The second kappa shape index (κ2) is 6.71. The maximum absolute atomic E-state index is 11.9. The van der Waals surface area contributed by atoms with Crippen LogP contribution < -0.4 is 5.32 Å². The van der Waals surface area contributed by atoms with Crippen LogP contribution in [0.1, 0.15) is 30.1 Å². The normalized spacial score (nSPS) is 11.4. The monoisotopic (exact) mass is 281 g/mol. The molecule has 1 amide bonds. The summed E-state index contributed by atoms with van der Waals surface area (Å²) in [5.41, 5.74) is -0.137. The molecule has 1 atom stereocenters. The predicted octanol–water partition coefficient (Wildman–Crippen LogP) is 2.67. The van der Waals surface area contributed by atoms with Gasteiger partial charge in [-0.15, -0.1) is 0 Å². The van der Waals surface area contributed by atoms with Gasteiger partial charge in [0, 0.05) is 28.8 Å². The highest BCUT2D eigenvalue weighted by molar-refractivity contribution is 6.31. The van der Waals surface area contributed by atoms with Gasteiger partial charge in [0.15, 0.2) is 0 Å². The third kappa shape index (κ3) is 4.23. The molecule has 0 fully saturated rings. The largest absolute Gasteiger partial charge is 0.348 e. The van der Waals surface area contributed by atoms with Gasteiger partial charge >= 0.3 is 0 Å². The van der Waals surface area contributed by atoms with E-state index in [0.29, 0.717) is 6.42 Å². The Kier molecular flexibility index (Phi) is 5.27. The van der Waals surface area contributed by atoms with Crippen molar-refractivity contribution in [3.63, 3.8) is 0 Å². The fourth-order valence-electron chi connectivity index (χ4n) is 1.49. The zero-order chi connectivity index (χ0) is 14.4. The molecule has 100 valence electrons. The van der Waals surface area contributed by atoms with Crippen LogP contribution in [0.15, 0.2) is 18.2 Å². The SMILES string of the molecule is CCC(CC#N)NC(=O)c1cc(Cl)cc([N+](=O)[O-])c1. The Morgan fingerprint density at radius 2 is 2.26 bits per heavy atom. The molecule has 1 N–H and O–H groups in total. The summed E-state index contributed by atoms with van der Waals surface area (Å²) in [5.74, 6) is -0.479. The van der Waals surface area contributed by atoms with Crippen LogP contribution in [0.4, 0.5) is 5.69 Å². The molecule has 1 rings (SSSR count). The standard InChI is InChI=1S/C12H12ClN3O3/c1-2-10(3-4-14)15-12(17)8-5-9(13)7-11(6-8)16(18)19/h5-7,10H,2-3H2,1H3,(H,15,17). The first-order chi connectivity index (χ1) is 8.97. The number of rotatable bonds is 5. The number of nitrogens with one attached hydrogen (secondary N) is 1. The topological polar surface area (TPSA) is 96.0 Å². The van der Waals surface area contributed by atoms with Crippen molar-refractivity contribution in [3.8, 4) is 6.07 Å². The number of carbonyl (C=O) groups is 1. The van der Waals surface area contributed by atoms with Crippen LogP contribution in [0.25, 0.3) is 0 Å². The number of amides is 1. The Bertz CT molecular complexity index is 540. The molecule has 0 aliphatic heterocycles. The minimum Gasteiger partial charge on any atom is -0.348 e. The number of hydrogen-bond acceptors (Lipinski definition) is 4. The summed E-state index contributed by atoms with van der Waals surface area (Å²) in [5, 5.41) is 22.0. The molecule has 6 nitrogen and oxygen atoms in total. The highest BCUT2D eigenvalue weighted by atomic mass is 35.5. The molecule has 0 radical (unpaired) electrons. The molecule has 7 heteroatoms. The summed E-state index contributed by atoms with van der Waals surface area (Å²) in [7, 11) is 0. The van der Waals surface area contributed by atoms with E-state index in [9.17, 15) is 14.9 Å². The molecule has 1 unspecified atom stereocenters. The van der Waals surface area contributed by atoms with E-state index in [2.05, 4.69) is 5.32 Å². The van der Waals surface area contributed by atoms with E-state index < -0.39 is 10.8 Å². The Labute approximate surface area is 115 Å². The predicted molar refractivity (Wildman–Crippen MR) is 69.9 cm³/mol. The van der Waals surface area contributed by atoms with Crippen LogP contribution in [0.5, 0.6) is 0 Å². The summed E-state index contributed by atoms with van der Waals surface area (Å²) in [6.45, 7) is 1.84. The van der Waals surface area contributed by atoms with Gasteiger partial charge in [-0.3, -0.25) is 14.9 Å². The number of nitro groups is 1. The number of hydrogen-bond donors (Lipinski definition) is 1. The number of nitro benzene ring substituents is 1. The van der Waals surface area contributed by atoms with Gasteiger partial charge in [-0.1, -0.05) is 18.5 Å². The second-order valence-electron chi connectivity index (χ2n) is 3.90. The van der Waals surface area contributed by atoms with Crippen molar-refractivity contribution in [2.45, 2.75) is 25.8 Å². The fraction of sp³-hybridized carbons (Fsp3) is 0.333. The fourth-order valence-corrected chi connectivity index (χ4v) is 1.72. The van der Waals surface area contributed by atoms with Gasteiger partial charge in [-0.05, 0) is 12.5 Å². The molecule has 0 aliphatic carbocycles. The smallest absolute Gasteiger partial charge is 0.271 e. The molecule has 1 aromatic rings. The first-order valence-electron chi connectivity index (χ1n) is 5.60. The number of carbonyl (C=O) groups excluding carboxylic acids is 1. The maximum Gasteiger partial charge on any atom is 0.271 e. The molecule has 0 heterocycles. The van der Waals surface area contributed by atoms with E-state index in [-0.39, 0.29) is 28.7 Å². The summed E-state index contributed by atoms with van der Waals surface area (Å²) < 4.78 is 0. The molecule has 0 aromatic heterocycles. The van der Waals surface area contributed by atoms with Crippen molar-refractivity contribution in [1.82, 2.24) is 5.32 Å². The van der Waals surface area contributed by atoms with E-state index in [4.69, 9.17) is 16.9 Å². The maximum atomic E-state index is 11.9. The summed E-state index contributed by atoms with van der Waals surface area (Å²) in [4.78, 5) is 22.0. The lowest BCUT2D eigenvalue weighted by Gasteiger charge is -2.13. The van der Waals surface area contributed by atoms with Gasteiger partial charge in [0.2, 0.25) is 0 Å². The van der Waals surface area contributed by atoms with E-state index in [0.717, 1.165) is 6.07 Å². The van der Waals surface area contributed by atoms with Crippen LogP contribution in [-0.2, 0) is 0 Å². The van der Waals surface area contributed by atoms with Crippen molar-refractivity contribution < 1.29 is 9.72 Å². The Balaban J connectivity index is 2.93. The van der Waals surface area contributed by atoms with E-state index >= 15 is 0 Å². The van der Waals surface area contributed by atoms with E-state index in [1.165, 1.54) is 12.1 Å². The van der Waals surface area contributed by atoms with Crippen LogP contribution in [0.2, 0.25) is 5.02 Å². The molecule has 19 heavy (non-hydrogen) atoms. The van der Waals surface area contributed by atoms with Gasteiger partial charge < -0.3 is 5.32 Å². The Morgan fingerprint density at radius 1 is 1.58 bits per heavy atom. The third-order valence-electron chi connectivity index (χ3n) is 2.52. The molecule has 0 saturated carbocycles. The Morgan fingerprint density at radius 3 is 2.79 bits per heavy atom. The summed E-state index contributed by atoms with van der Waals surface area (Å²) >= 11 is 5.73. The molecule has 0 saturated heterocycles. The molecular weight excluding hydrogens is 270 g/mol. The number of nitriles is 1. The van der Waals surface area contributed by atoms with Crippen LogP contribution >= 0.6 is 11.6 Å². The van der Waals surface area contributed by atoms with Gasteiger partial charge in [-0.25, -0.2) is 0 Å². The average Bonchev–Trinajstić information content (AvgIpc) is 2.37. The Hall–Kier alpha value is -2.13. The first kappa shape index (κ1) is 14.9. The van der Waals surface area contributed by atoms with Crippen LogP contribution in [0.3, 0.4) is 0 Å². The lowest BCUT2D eigenvalue weighted by atomic mass is 10.1. The van der Waals surface area contributed by atoms with Crippen molar-refractivity contribution >= 4 is 23.2 Å². The molecule has 0 spiro atoms. The lowest BCUT2D eigenvalue weighted by molar-refractivity contribution is -0.384. The molecular formula is C12H12ClN3O3. The number of halogens is 1. The minimum absolute atomic E-state index is 0.107. The first-order valence-corrected chi connectivity index (χ1v) is 5.98. The summed E-state index contributed by atoms with van der Waals surface area (Å²) in [6.07, 6.45) is 0.785. The van der Waals surface area contributed by atoms with Gasteiger partial charge in [-0.2, -0.15) is 5.26 Å². The number of nitrogens with zero attached hydrogens (tertiary/aromatic N) is 2. The molecule has 0 bridgehead atoms. The molecule has 0 aliphatic rings. The number of benzene rings is 1. The quantitative estimate of drug-likeness (QED) is 0.663.